The Bertz CT molecular complexity index is 924. The number of anilines is 2. The summed E-state index contributed by atoms with van der Waals surface area (Å²) in [6.07, 6.45) is 3.72. The van der Waals surface area contributed by atoms with Crippen LogP contribution in [0.5, 0.6) is 0 Å². The van der Waals surface area contributed by atoms with Crippen molar-refractivity contribution in [1.82, 2.24) is 9.97 Å². The lowest BCUT2D eigenvalue weighted by molar-refractivity contribution is 0.102. The minimum absolute atomic E-state index is 0.244. The summed E-state index contributed by atoms with van der Waals surface area (Å²) in [6.45, 7) is 4.78. The second kappa shape index (κ2) is 9.08. The molecule has 3 rings (SSSR count). The number of aromatic nitrogens is 2. The topological polar surface area (TPSA) is 66.9 Å². The SMILES string of the molecule is CC(C)c1ccccc1NC(=O)c1cnc(NCCc2ccc(F)cc2)nc1. The lowest BCUT2D eigenvalue weighted by Crippen LogP contribution is -2.15. The molecule has 2 N–H and O–H groups in total. The Morgan fingerprint density at radius 2 is 1.71 bits per heavy atom. The van der Waals surface area contributed by atoms with Crippen LogP contribution in [0.15, 0.2) is 60.9 Å². The van der Waals surface area contributed by atoms with E-state index in [1.807, 2.05) is 24.3 Å². The summed E-state index contributed by atoms with van der Waals surface area (Å²) >= 11 is 0. The van der Waals surface area contributed by atoms with Crippen molar-refractivity contribution in [3.63, 3.8) is 0 Å². The third-order valence-corrected chi connectivity index (χ3v) is 4.36. The fourth-order valence-electron chi connectivity index (χ4n) is 2.82. The number of hydrogen-bond donors (Lipinski definition) is 2. The van der Waals surface area contributed by atoms with Crippen LogP contribution in [-0.4, -0.2) is 22.4 Å². The number of halogens is 1. The van der Waals surface area contributed by atoms with Crippen molar-refractivity contribution >= 4 is 17.5 Å². The molecule has 2 aromatic carbocycles. The maximum absolute atomic E-state index is 12.9. The molecule has 0 radical (unpaired) electrons. The van der Waals surface area contributed by atoms with Gasteiger partial charge in [0.1, 0.15) is 5.82 Å². The smallest absolute Gasteiger partial charge is 0.258 e. The Balaban J connectivity index is 1.56. The number of benzene rings is 2. The average Bonchev–Trinajstić information content (AvgIpc) is 2.70. The molecule has 1 amide bonds. The van der Waals surface area contributed by atoms with Crippen molar-refractivity contribution < 1.29 is 9.18 Å². The van der Waals surface area contributed by atoms with Crippen molar-refractivity contribution in [3.8, 4) is 0 Å². The Hall–Kier alpha value is -3.28. The predicted molar refractivity (Wildman–Crippen MR) is 109 cm³/mol. The molecule has 0 aliphatic heterocycles. The molecule has 0 fully saturated rings. The third-order valence-electron chi connectivity index (χ3n) is 4.36. The molecule has 28 heavy (non-hydrogen) atoms. The molecule has 0 atom stereocenters. The van der Waals surface area contributed by atoms with Gasteiger partial charge in [-0.3, -0.25) is 4.79 Å². The second-order valence-corrected chi connectivity index (χ2v) is 6.79. The molecule has 144 valence electrons. The summed E-state index contributed by atoms with van der Waals surface area (Å²) in [7, 11) is 0. The fraction of sp³-hybridized carbons (Fsp3) is 0.227. The Labute approximate surface area is 164 Å². The highest BCUT2D eigenvalue weighted by molar-refractivity contribution is 6.04. The van der Waals surface area contributed by atoms with E-state index in [1.165, 1.54) is 24.5 Å². The number of para-hydroxylation sites is 1. The van der Waals surface area contributed by atoms with Crippen LogP contribution in [0.25, 0.3) is 0 Å². The maximum Gasteiger partial charge on any atom is 0.258 e. The quantitative estimate of drug-likeness (QED) is 0.628. The van der Waals surface area contributed by atoms with Gasteiger partial charge in [0.15, 0.2) is 0 Å². The van der Waals surface area contributed by atoms with Crippen molar-refractivity contribution in [1.29, 1.82) is 0 Å². The number of nitrogens with one attached hydrogen (secondary N) is 2. The molecule has 1 heterocycles. The summed E-state index contributed by atoms with van der Waals surface area (Å²) in [5.74, 6) is 0.262. The van der Waals surface area contributed by atoms with Crippen LogP contribution in [0.3, 0.4) is 0 Å². The van der Waals surface area contributed by atoms with Crippen LogP contribution >= 0.6 is 0 Å². The van der Waals surface area contributed by atoms with Crippen molar-refractivity contribution in [2.24, 2.45) is 0 Å². The van der Waals surface area contributed by atoms with E-state index in [-0.39, 0.29) is 11.7 Å². The van der Waals surface area contributed by atoms with Crippen molar-refractivity contribution in [2.45, 2.75) is 26.2 Å². The minimum atomic E-state index is -0.245. The fourth-order valence-corrected chi connectivity index (χ4v) is 2.82. The van der Waals surface area contributed by atoms with E-state index in [0.29, 0.717) is 24.0 Å². The van der Waals surface area contributed by atoms with Gasteiger partial charge in [-0.1, -0.05) is 44.2 Å². The zero-order valence-corrected chi connectivity index (χ0v) is 15.9. The van der Waals surface area contributed by atoms with Crippen molar-refractivity contribution in [3.05, 3.63) is 83.4 Å². The lowest BCUT2D eigenvalue weighted by atomic mass is 10.0. The van der Waals surface area contributed by atoms with Gasteiger partial charge in [-0.2, -0.15) is 0 Å². The van der Waals surface area contributed by atoms with E-state index in [1.54, 1.807) is 12.1 Å². The van der Waals surface area contributed by atoms with E-state index in [0.717, 1.165) is 23.2 Å². The van der Waals surface area contributed by atoms with Crippen LogP contribution < -0.4 is 10.6 Å². The Kier molecular flexibility index (Phi) is 6.32. The number of carbonyl (C=O) groups is 1. The van der Waals surface area contributed by atoms with Crippen LogP contribution in [0, 0.1) is 5.82 Å². The average molecular weight is 378 g/mol. The van der Waals surface area contributed by atoms with Crippen LogP contribution in [0.4, 0.5) is 16.0 Å². The molecule has 0 spiro atoms. The highest BCUT2D eigenvalue weighted by Gasteiger charge is 2.11. The minimum Gasteiger partial charge on any atom is -0.354 e. The molecule has 0 saturated carbocycles. The first kappa shape index (κ1) is 19.5. The molecule has 0 aliphatic rings. The number of nitrogens with zero attached hydrogens (tertiary/aromatic N) is 2. The molecule has 0 aliphatic carbocycles. The summed E-state index contributed by atoms with van der Waals surface area (Å²) < 4.78 is 12.9. The molecular formula is C22H23FN4O. The normalized spacial score (nSPS) is 10.7. The third kappa shape index (κ3) is 5.13. The molecule has 1 aromatic heterocycles. The van der Waals surface area contributed by atoms with Gasteiger partial charge in [0, 0.05) is 24.6 Å². The molecule has 0 saturated heterocycles. The van der Waals surface area contributed by atoms with Gasteiger partial charge >= 0.3 is 0 Å². The zero-order valence-electron chi connectivity index (χ0n) is 15.9. The van der Waals surface area contributed by atoms with E-state index >= 15 is 0 Å². The van der Waals surface area contributed by atoms with E-state index in [4.69, 9.17) is 0 Å². The molecular weight excluding hydrogens is 355 g/mol. The number of hydrogen-bond acceptors (Lipinski definition) is 4. The van der Waals surface area contributed by atoms with Gasteiger partial charge in [-0.25, -0.2) is 14.4 Å². The highest BCUT2D eigenvalue weighted by atomic mass is 19.1. The first-order valence-electron chi connectivity index (χ1n) is 9.23. The van der Waals surface area contributed by atoms with Gasteiger partial charge in [-0.15, -0.1) is 0 Å². The van der Waals surface area contributed by atoms with Crippen LogP contribution in [-0.2, 0) is 6.42 Å². The predicted octanol–water partition coefficient (Wildman–Crippen LogP) is 4.65. The number of carbonyl (C=O) groups excluding carboxylic acids is 1. The summed E-state index contributed by atoms with van der Waals surface area (Å²) in [5, 5.41) is 6.03. The lowest BCUT2D eigenvalue weighted by Gasteiger charge is -2.13. The first-order valence-corrected chi connectivity index (χ1v) is 9.23. The molecule has 5 nitrogen and oxygen atoms in total. The van der Waals surface area contributed by atoms with Gasteiger partial charge in [0.25, 0.3) is 5.91 Å². The number of rotatable bonds is 7. The van der Waals surface area contributed by atoms with Gasteiger partial charge in [-0.05, 0) is 41.7 Å². The largest absolute Gasteiger partial charge is 0.354 e. The summed E-state index contributed by atoms with van der Waals surface area (Å²) in [6, 6.07) is 14.1. The highest BCUT2D eigenvalue weighted by Crippen LogP contribution is 2.24. The standard InChI is InChI=1S/C22H23FN4O/c1-15(2)19-5-3-4-6-20(19)27-21(28)17-13-25-22(26-14-17)24-12-11-16-7-9-18(23)10-8-16/h3-10,13-15H,11-12H2,1-2H3,(H,27,28)(H,24,25,26). The zero-order chi connectivity index (χ0) is 19.9. The molecule has 0 bridgehead atoms. The van der Waals surface area contributed by atoms with E-state index in [9.17, 15) is 9.18 Å². The number of amides is 1. The second-order valence-electron chi connectivity index (χ2n) is 6.79. The van der Waals surface area contributed by atoms with Gasteiger partial charge < -0.3 is 10.6 Å². The van der Waals surface area contributed by atoms with Crippen molar-refractivity contribution in [2.75, 3.05) is 17.2 Å². The first-order chi connectivity index (χ1) is 13.5. The van der Waals surface area contributed by atoms with Gasteiger partial charge in [0.2, 0.25) is 5.95 Å². The van der Waals surface area contributed by atoms with Gasteiger partial charge in [0.05, 0.1) is 5.56 Å². The monoisotopic (exact) mass is 378 g/mol. The van der Waals surface area contributed by atoms with Crippen LogP contribution in [0.2, 0.25) is 0 Å². The Morgan fingerprint density at radius 1 is 1.04 bits per heavy atom. The van der Waals surface area contributed by atoms with E-state index < -0.39 is 0 Å². The molecule has 0 unspecified atom stereocenters. The van der Waals surface area contributed by atoms with E-state index in [2.05, 4.69) is 34.4 Å². The maximum atomic E-state index is 12.9. The van der Waals surface area contributed by atoms with Crippen LogP contribution in [0.1, 0.15) is 41.3 Å². The summed E-state index contributed by atoms with van der Waals surface area (Å²) in [4.78, 5) is 20.9. The Morgan fingerprint density at radius 3 is 2.39 bits per heavy atom. The molecule has 6 heteroatoms. The molecule has 3 aromatic rings. The summed E-state index contributed by atoms with van der Waals surface area (Å²) in [5.41, 5.74) is 3.29.